The maximum Gasteiger partial charge on any atom is 0.132 e. The van der Waals surface area contributed by atoms with Gasteiger partial charge in [-0.1, -0.05) is 212 Å². The van der Waals surface area contributed by atoms with Crippen LogP contribution in [-0.2, 0) is 10.8 Å². The van der Waals surface area contributed by atoms with Gasteiger partial charge in [0.05, 0.1) is 22.2 Å². The summed E-state index contributed by atoms with van der Waals surface area (Å²) in [5.74, 6) is 3.52. The van der Waals surface area contributed by atoms with Gasteiger partial charge < -0.3 is 14.4 Å². The average Bonchev–Trinajstić information content (AvgIpc) is 4.20. The Balaban J connectivity index is 0.923. The van der Waals surface area contributed by atoms with Gasteiger partial charge in [-0.2, -0.15) is 0 Å². The Labute approximate surface area is 456 Å². The number of rotatable bonds is 5. The number of hydrogen-bond acceptors (Lipinski definition) is 4. The number of benzene rings is 12. The van der Waals surface area contributed by atoms with Crippen LogP contribution in [-0.4, -0.2) is 0 Å². The average molecular weight is 1010 g/mol. The van der Waals surface area contributed by atoms with Crippen molar-refractivity contribution >= 4 is 48.6 Å². The van der Waals surface area contributed by atoms with Gasteiger partial charge in [-0.25, -0.2) is 0 Å². The van der Waals surface area contributed by atoms with Gasteiger partial charge in [0.15, 0.2) is 0 Å². The van der Waals surface area contributed by atoms with Crippen molar-refractivity contribution in [1.29, 1.82) is 0 Å². The van der Waals surface area contributed by atoms with Gasteiger partial charge in [0.2, 0.25) is 0 Å². The highest BCUT2D eigenvalue weighted by molar-refractivity contribution is 7.25. The molecule has 12 aromatic carbocycles. The molecule has 2 spiro atoms. The molecule has 0 bridgehead atoms. The summed E-state index contributed by atoms with van der Waals surface area (Å²) in [6, 6.07) is 101. The van der Waals surface area contributed by atoms with Crippen molar-refractivity contribution in [2.24, 2.45) is 0 Å². The molecule has 364 valence electrons. The minimum Gasteiger partial charge on any atom is -0.457 e. The zero-order valence-corrected chi connectivity index (χ0v) is 43.0. The van der Waals surface area contributed by atoms with Crippen LogP contribution in [0.5, 0.6) is 23.0 Å². The minimum absolute atomic E-state index is 0.606. The van der Waals surface area contributed by atoms with E-state index < -0.39 is 10.8 Å². The molecular weight excluding hydrogens is 967 g/mol. The molecule has 0 atom stereocenters. The molecule has 2 aliphatic carbocycles. The van der Waals surface area contributed by atoms with Crippen LogP contribution in [0, 0.1) is 0 Å². The van der Waals surface area contributed by atoms with Crippen LogP contribution in [0.15, 0.2) is 273 Å². The van der Waals surface area contributed by atoms with E-state index in [2.05, 4.69) is 278 Å². The molecule has 1 aromatic heterocycles. The summed E-state index contributed by atoms with van der Waals surface area (Å²) in [6.45, 7) is 0. The van der Waals surface area contributed by atoms with Gasteiger partial charge in [-0.3, -0.25) is 0 Å². The number of thiophene rings is 1. The van der Waals surface area contributed by atoms with Crippen molar-refractivity contribution < 1.29 is 9.47 Å². The first kappa shape index (κ1) is 43.5. The summed E-state index contributed by atoms with van der Waals surface area (Å²) in [6.07, 6.45) is 0. The third-order valence-corrected chi connectivity index (χ3v) is 18.4. The molecule has 4 aliphatic rings. The highest BCUT2D eigenvalue weighted by Gasteiger charge is 2.53. The molecule has 0 fully saturated rings. The second-order valence-electron chi connectivity index (χ2n) is 20.9. The highest BCUT2D eigenvalue weighted by atomic mass is 32.1. The fraction of sp³-hybridized carbons (Fsp3) is 0.0270. The number of para-hydroxylation sites is 5. The third kappa shape index (κ3) is 5.76. The van der Waals surface area contributed by atoms with Crippen molar-refractivity contribution in [3.63, 3.8) is 0 Å². The molecule has 3 nitrogen and oxygen atoms in total. The second kappa shape index (κ2) is 16.4. The van der Waals surface area contributed by atoms with Crippen LogP contribution in [0.25, 0.3) is 64.7 Å². The standard InChI is InChI=1S/C74H45NO2S/c1-5-24-55-53(21-1)71-52(23-17-30-61(71)73(55)57-26-7-12-34-65(57)76-66-35-13-8-27-58(66)73)49-19-3-11-32-63(49)75(48-42-39-46(40-43-48)47-41-44-51-50-20-4-16-38-69(50)78-70(51)45-47)64-33-18-31-62-72(64)54-22-2-6-25-56(54)74(62)59-28-9-14-36-67(59)77-68-37-15-10-29-60(68)74/h1-45H. The minimum atomic E-state index is -0.637. The molecule has 17 rings (SSSR count). The van der Waals surface area contributed by atoms with Crippen molar-refractivity contribution in [2.75, 3.05) is 4.90 Å². The van der Waals surface area contributed by atoms with Crippen LogP contribution in [0.4, 0.5) is 17.1 Å². The number of anilines is 3. The fourth-order valence-electron chi connectivity index (χ4n) is 14.2. The van der Waals surface area contributed by atoms with E-state index in [0.29, 0.717) is 0 Å². The largest absolute Gasteiger partial charge is 0.457 e. The lowest BCUT2D eigenvalue weighted by Crippen LogP contribution is -2.32. The molecule has 0 unspecified atom stereocenters. The van der Waals surface area contributed by atoms with E-state index in [1.54, 1.807) is 0 Å². The highest BCUT2D eigenvalue weighted by Crippen LogP contribution is 2.66. The maximum absolute atomic E-state index is 6.79. The molecule has 3 heterocycles. The van der Waals surface area contributed by atoms with Crippen molar-refractivity contribution in [3.05, 3.63) is 317 Å². The lowest BCUT2D eigenvalue weighted by molar-refractivity contribution is 0.436. The van der Waals surface area contributed by atoms with E-state index in [9.17, 15) is 0 Å². The molecule has 0 saturated carbocycles. The summed E-state index contributed by atoms with van der Waals surface area (Å²) in [5.41, 5.74) is 21.1. The van der Waals surface area contributed by atoms with Crippen LogP contribution >= 0.6 is 11.3 Å². The predicted octanol–water partition coefficient (Wildman–Crippen LogP) is 19.8. The number of fused-ring (bicyclic) bond motifs is 21. The first-order valence-corrected chi connectivity index (χ1v) is 27.6. The van der Waals surface area contributed by atoms with Gasteiger partial charge in [0, 0.05) is 59.2 Å². The van der Waals surface area contributed by atoms with Gasteiger partial charge in [-0.05, 0) is 116 Å². The van der Waals surface area contributed by atoms with Gasteiger partial charge in [0.1, 0.15) is 23.0 Å². The van der Waals surface area contributed by atoms with Gasteiger partial charge in [-0.15, -0.1) is 11.3 Å². The van der Waals surface area contributed by atoms with E-state index in [1.807, 2.05) is 11.3 Å². The van der Waals surface area contributed by atoms with Crippen molar-refractivity contribution in [3.8, 4) is 67.5 Å². The van der Waals surface area contributed by atoms with Crippen LogP contribution < -0.4 is 14.4 Å². The number of ether oxygens (including phenoxy) is 2. The van der Waals surface area contributed by atoms with E-state index in [-0.39, 0.29) is 0 Å². The maximum atomic E-state index is 6.79. The van der Waals surface area contributed by atoms with Crippen LogP contribution in [0.3, 0.4) is 0 Å². The smallest absolute Gasteiger partial charge is 0.132 e. The quantitative estimate of drug-likeness (QED) is 0.171. The lowest BCUT2D eigenvalue weighted by Gasteiger charge is -2.39. The van der Waals surface area contributed by atoms with Crippen LogP contribution in [0.2, 0.25) is 0 Å². The molecule has 0 saturated heterocycles. The van der Waals surface area contributed by atoms with Gasteiger partial charge in [0.25, 0.3) is 0 Å². The Kier molecular flexibility index (Phi) is 9.14. The van der Waals surface area contributed by atoms with E-state index in [0.717, 1.165) is 67.9 Å². The fourth-order valence-corrected chi connectivity index (χ4v) is 15.4. The van der Waals surface area contributed by atoms with Crippen molar-refractivity contribution in [1.82, 2.24) is 0 Å². The number of hydrogen-bond donors (Lipinski definition) is 0. The molecule has 4 heteroatoms. The number of nitrogens with zero attached hydrogens (tertiary/aromatic N) is 1. The Morgan fingerprint density at radius 1 is 0.282 bits per heavy atom. The third-order valence-electron chi connectivity index (χ3n) is 17.2. The predicted molar refractivity (Wildman–Crippen MR) is 320 cm³/mol. The van der Waals surface area contributed by atoms with Crippen LogP contribution in [0.1, 0.15) is 44.5 Å². The first-order chi connectivity index (χ1) is 38.7. The molecule has 0 radical (unpaired) electrons. The van der Waals surface area contributed by atoms with E-state index in [4.69, 9.17) is 9.47 Å². The molecule has 78 heavy (non-hydrogen) atoms. The summed E-state index contributed by atoms with van der Waals surface area (Å²) in [4.78, 5) is 2.54. The SMILES string of the molecule is c1ccc2c(c1)Oc1ccccc1C21c2ccccc2-c2c(-c3ccccc3N(c3ccc(-c4ccc5c(c4)sc4ccccc45)cc3)c3cccc4c3-c3ccccc3C43c4ccccc4Oc4ccccc43)cccc21. The zero-order chi connectivity index (χ0) is 51.1. The Morgan fingerprint density at radius 3 is 1.32 bits per heavy atom. The summed E-state index contributed by atoms with van der Waals surface area (Å²) in [5, 5.41) is 2.61. The topological polar surface area (TPSA) is 21.7 Å². The summed E-state index contributed by atoms with van der Waals surface area (Å²) < 4.78 is 16.1. The first-order valence-electron chi connectivity index (χ1n) is 26.8. The monoisotopic (exact) mass is 1010 g/mol. The molecule has 0 N–H and O–H groups in total. The summed E-state index contributed by atoms with van der Waals surface area (Å²) >= 11 is 1.86. The molecule has 13 aromatic rings. The zero-order valence-electron chi connectivity index (χ0n) is 42.2. The second-order valence-corrected chi connectivity index (χ2v) is 22.0. The molecule has 0 amide bonds. The Hall–Kier alpha value is -9.74. The molecule has 2 aliphatic heterocycles. The summed E-state index contributed by atoms with van der Waals surface area (Å²) in [7, 11) is 0. The van der Waals surface area contributed by atoms with Crippen molar-refractivity contribution in [2.45, 2.75) is 10.8 Å². The van der Waals surface area contributed by atoms with E-state index >= 15 is 0 Å². The van der Waals surface area contributed by atoms with E-state index in [1.165, 1.54) is 81.4 Å². The Morgan fingerprint density at radius 2 is 0.705 bits per heavy atom. The Bertz CT molecular complexity index is 4570. The lowest BCUT2D eigenvalue weighted by atomic mass is 9.66. The normalized spacial score (nSPS) is 14.1. The van der Waals surface area contributed by atoms with Gasteiger partial charge >= 0.3 is 0 Å². The molecular formula is C74H45NO2S.